The Bertz CT molecular complexity index is 399. The Morgan fingerprint density at radius 1 is 1.50 bits per heavy atom. The number of ether oxygens (including phenoxy) is 1. The molecule has 0 unspecified atom stereocenters. The van der Waals surface area contributed by atoms with Crippen LogP contribution in [0.25, 0.3) is 0 Å². The number of hydrogen-bond donors (Lipinski definition) is 1. The molecule has 1 saturated carbocycles. The van der Waals surface area contributed by atoms with Crippen LogP contribution >= 0.6 is 22.6 Å². The van der Waals surface area contributed by atoms with Crippen molar-refractivity contribution >= 4 is 28.6 Å². The Balaban J connectivity index is 2.08. The van der Waals surface area contributed by atoms with Gasteiger partial charge >= 0.3 is 5.97 Å². The van der Waals surface area contributed by atoms with Crippen LogP contribution in [0.5, 0.6) is 5.75 Å². The summed E-state index contributed by atoms with van der Waals surface area (Å²) >= 11 is 2.10. The first kappa shape index (κ1) is 11.7. The number of hydrogen-bond acceptors (Lipinski definition) is 2. The molecule has 0 bridgehead atoms. The van der Waals surface area contributed by atoms with Crippen molar-refractivity contribution in [2.45, 2.75) is 19.3 Å². The van der Waals surface area contributed by atoms with Crippen molar-refractivity contribution in [1.29, 1.82) is 0 Å². The van der Waals surface area contributed by atoms with Gasteiger partial charge in [-0.2, -0.15) is 0 Å². The number of carboxylic acid groups (broad SMARTS) is 1. The summed E-state index contributed by atoms with van der Waals surface area (Å²) in [5, 5.41) is 9.04. The Morgan fingerprint density at radius 3 is 2.81 bits per heavy atom. The van der Waals surface area contributed by atoms with Crippen molar-refractivity contribution in [2.24, 2.45) is 5.92 Å². The second kappa shape index (κ2) is 5.03. The highest BCUT2D eigenvalue weighted by Gasteiger charge is 2.19. The summed E-state index contributed by atoms with van der Waals surface area (Å²) in [4.78, 5) is 11.0. The third kappa shape index (κ3) is 2.66. The molecule has 0 heterocycles. The van der Waals surface area contributed by atoms with Crippen molar-refractivity contribution in [1.82, 2.24) is 0 Å². The SMILES string of the molecule is O=C(O)c1cc(I)ccc1OCC1CCC1. The first-order valence-electron chi connectivity index (χ1n) is 5.32. The monoisotopic (exact) mass is 332 g/mol. The molecule has 0 spiro atoms. The number of rotatable bonds is 4. The summed E-state index contributed by atoms with van der Waals surface area (Å²) in [7, 11) is 0. The maximum Gasteiger partial charge on any atom is 0.339 e. The fourth-order valence-corrected chi connectivity index (χ4v) is 2.15. The van der Waals surface area contributed by atoms with Gasteiger partial charge in [0.05, 0.1) is 6.61 Å². The third-order valence-corrected chi connectivity index (χ3v) is 3.54. The fourth-order valence-electron chi connectivity index (χ4n) is 1.66. The lowest BCUT2D eigenvalue weighted by Gasteiger charge is -2.25. The van der Waals surface area contributed by atoms with Crippen molar-refractivity contribution in [3.05, 3.63) is 27.3 Å². The lowest BCUT2D eigenvalue weighted by atomic mass is 9.86. The van der Waals surface area contributed by atoms with E-state index in [1.165, 1.54) is 19.3 Å². The van der Waals surface area contributed by atoms with E-state index in [0.29, 0.717) is 18.3 Å². The van der Waals surface area contributed by atoms with E-state index < -0.39 is 5.97 Å². The predicted molar refractivity (Wildman–Crippen MR) is 69.0 cm³/mol. The van der Waals surface area contributed by atoms with Gasteiger partial charge in [-0.25, -0.2) is 4.79 Å². The van der Waals surface area contributed by atoms with E-state index in [-0.39, 0.29) is 5.56 Å². The number of carboxylic acids is 1. The van der Waals surface area contributed by atoms with Crippen LogP contribution in [0.15, 0.2) is 18.2 Å². The molecule has 0 aromatic heterocycles. The maximum atomic E-state index is 11.0. The molecule has 0 saturated heterocycles. The molecule has 0 aliphatic heterocycles. The van der Waals surface area contributed by atoms with E-state index in [4.69, 9.17) is 9.84 Å². The van der Waals surface area contributed by atoms with Crippen LogP contribution in [-0.4, -0.2) is 17.7 Å². The Labute approximate surface area is 108 Å². The van der Waals surface area contributed by atoms with Crippen molar-refractivity contribution in [3.63, 3.8) is 0 Å². The molecule has 3 nitrogen and oxygen atoms in total. The van der Waals surface area contributed by atoms with Gasteiger partial charge < -0.3 is 9.84 Å². The molecule has 86 valence electrons. The van der Waals surface area contributed by atoms with Crippen LogP contribution in [0, 0.1) is 9.49 Å². The van der Waals surface area contributed by atoms with Crippen LogP contribution in [0.1, 0.15) is 29.6 Å². The minimum Gasteiger partial charge on any atom is -0.492 e. The first-order chi connectivity index (χ1) is 7.66. The fraction of sp³-hybridized carbons (Fsp3) is 0.417. The van der Waals surface area contributed by atoms with Crippen LogP contribution in [0.2, 0.25) is 0 Å². The summed E-state index contributed by atoms with van der Waals surface area (Å²) in [5.74, 6) is 0.169. The quantitative estimate of drug-likeness (QED) is 0.862. The van der Waals surface area contributed by atoms with Crippen molar-refractivity contribution in [2.75, 3.05) is 6.61 Å². The molecular formula is C12H13IO3. The third-order valence-electron chi connectivity index (χ3n) is 2.87. The predicted octanol–water partition coefficient (Wildman–Crippen LogP) is 3.17. The van der Waals surface area contributed by atoms with Gasteiger partial charge in [0.2, 0.25) is 0 Å². The van der Waals surface area contributed by atoms with E-state index in [1.807, 2.05) is 6.07 Å². The van der Waals surface area contributed by atoms with Crippen LogP contribution in [0.4, 0.5) is 0 Å². The number of aromatic carboxylic acids is 1. The van der Waals surface area contributed by atoms with Gasteiger partial charge in [0, 0.05) is 3.57 Å². The van der Waals surface area contributed by atoms with Gasteiger partial charge in [-0.15, -0.1) is 0 Å². The lowest BCUT2D eigenvalue weighted by Crippen LogP contribution is -2.20. The summed E-state index contributed by atoms with van der Waals surface area (Å²) < 4.78 is 6.48. The Kier molecular flexibility index (Phi) is 3.68. The molecule has 1 N–H and O–H groups in total. The Morgan fingerprint density at radius 2 is 2.25 bits per heavy atom. The van der Waals surface area contributed by atoms with Gasteiger partial charge in [-0.1, -0.05) is 6.42 Å². The molecule has 1 aliphatic rings. The zero-order valence-corrected chi connectivity index (χ0v) is 10.9. The Hall–Kier alpha value is -0.780. The zero-order chi connectivity index (χ0) is 11.5. The zero-order valence-electron chi connectivity index (χ0n) is 8.78. The van der Waals surface area contributed by atoms with E-state index in [0.717, 1.165) is 3.57 Å². The molecule has 0 amide bonds. The summed E-state index contributed by atoms with van der Waals surface area (Å²) in [6.07, 6.45) is 3.67. The van der Waals surface area contributed by atoms with Crippen molar-refractivity contribution in [3.8, 4) is 5.75 Å². The molecule has 1 aromatic carbocycles. The highest BCUT2D eigenvalue weighted by molar-refractivity contribution is 14.1. The lowest BCUT2D eigenvalue weighted by molar-refractivity contribution is 0.0689. The van der Waals surface area contributed by atoms with E-state index >= 15 is 0 Å². The minimum atomic E-state index is -0.929. The van der Waals surface area contributed by atoms with Crippen LogP contribution in [-0.2, 0) is 0 Å². The average molecular weight is 332 g/mol. The second-order valence-electron chi connectivity index (χ2n) is 4.05. The van der Waals surface area contributed by atoms with Gasteiger partial charge in [-0.3, -0.25) is 0 Å². The highest BCUT2D eigenvalue weighted by Crippen LogP contribution is 2.28. The van der Waals surface area contributed by atoms with E-state index in [1.54, 1.807) is 12.1 Å². The number of halogens is 1. The maximum absolute atomic E-state index is 11.0. The van der Waals surface area contributed by atoms with Crippen LogP contribution in [0.3, 0.4) is 0 Å². The topological polar surface area (TPSA) is 46.5 Å². The summed E-state index contributed by atoms with van der Waals surface area (Å²) in [6, 6.07) is 5.24. The minimum absolute atomic E-state index is 0.256. The molecule has 1 aromatic rings. The molecular weight excluding hydrogens is 319 g/mol. The highest BCUT2D eigenvalue weighted by atomic mass is 127. The number of carbonyl (C=O) groups is 1. The normalized spacial score (nSPS) is 15.6. The van der Waals surface area contributed by atoms with Gasteiger partial charge in [0.1, 0.15) is 11.3 Å². The molecule has 1 fully saturated rings. The summed E-state index contributed by atoms with van der Waals surface area (Å²) in [5.41, 5.74) is 0.256. The molecule has 2 rings (SSSR count). The van der Waals surface area contributed by atoms with Gasteiger partial charge in [0.25, 0.3) is 0 Å². The molecule has 16 heavy (non-hydrogen) atoms. The number of benzene rings is 1. The molecule has 0 radical (unpaired) electrons. The average Bonchev–Trinajstić information content (AvgIpc) is 2.17. The summed E-state index contributed by atoms with van der Waals surface area (Å²) in [6.45, 7) is 0.640. The van der Waals surface area contributed by atoms with Crippen LogP contribution < -0.4 is 4.74 Å². The molecule has 0 atom stereocenters. The van der Waals surface area contributed by atoms with E-state index in [2.05, 4.69) is 22.6 Å². The standard InChI is InChI=1S/C12H13IO3/c13-9-4-5-11(10(6-9)12(14)15)16-7-8-2-1-3-8/h4-6,8H,1-3,7H2,(H,14,15). The van der Waals surface area contributed by atoms with Crippen molar-refractivity contribution < 1.29 is 14.6 Å². The van der Waals surface area contributed by atoms with Gasteiger partial charge in [-0.05, 0) is 59.5 Å². The molecule has 4 heteroatoms. The van der Waals surface area contributed by atoms with E-state index in [9.17, 15) is 4.79 Å². The van der Waals surface area contributed by atoms with Gasteiger partial charge in [0.15, 0.2) is 0 Å². The second-order valence-corrected chi connectivity index (χ2v) is 5.30. The smallest absolute Gasteiger partial charge is 0.339 e. The first-order valence-corrected chi connectivity index (χ1v) is 6.40. The molecule has 1 aliphatic carbocycles. The largest absolute Gasteiger partial charge is 0.492 e.